The van der Waals surface area contributed by atoms with E-state index < -0.39 is 0 Å². The van der Waals surface area contributed by atoms with Gasteiger partial charge in [-0.15, -0.1) is 0 Å². The Morgan fingerprint density at radius 3 is 3.00 bits per heavy atom. The van der Waals surface area contributed by atoms with Gasteiger partial charge in [0.15, 0.2) is 0 Å². The van der Waals surface area contributed by atoms with Crippen LogP contribution in [-0.2, 0) is 13.1 Å². The van der Waals surface area contributed by atoms with Crippen LogP contribution in [0.15, 0.2) is 16.5 Å². The Morgan fingerprint density at radius 1 is 1.37 bits per heavy atom. The maximum atomic E-state index is 5.89. The van der Waals surface area contributed by atoms with Crippen molar-refractivity contribution in [2.24, 2.45) is 0 Å². The highest BCUT2D eigenvalue weighted by atomic mass is 32.2. The van der Waals surface area contributed by atoms with E-state index in [4.69, 9.17) is 4.42 Å². The van der Waals surface area contributed by atoms with Crippen molar-refractivity contribution in [1.82, 2.24) is 10.2 Å². The molecule has 4 heteroatoms. The number of hydrogen-bond acceptors (Lipinski definition) is 4. The van der Waals surface area contributed by atoms with Crippen molar-refractivity contribution in [2.75, 3.05) is 25.4 Å². The number of nitrogens with one attached hydrogen (secondary N) is 1. The van der Waals surface area contributed by atoms with Crippen LogP contribution in [-0.4, -0.2) is 35.5 Å². The van der Waals surface area contributed by atoms with Crippen LogP contribution in [0.3, 0.4) is 0 Å². The second-order valence-corrected chi connectivity index (χ2v) is 6.59. The molecule has 0 spiro atoms. The lowest BCUT2D eigenvalue weighted by Crippen LogP contribution is -2.36. The van der Waals surface area contributed by atoms with Gasteiger partial charge in [-0.3, -0.25) is 4.90 Å². The zero-order valence-corrected chi connectivity index (χ0v) is 13.0. The van der Waals surface area contributed by atoms with Gasteiger partial charge in [-0.2, -0.15) is 11.8 Å². The fourth-order valence-corrected chi connectivity index (χ4v) is 3.63. The van der Waals surface area contributed by atoms with E-state index in [-0.39, 0.29) is 0 Å². The molecule has 1 N–H and O–H groups in total. The topological polar surface area (TPSA) is 28.4 Å². The molecule has 1 aliphatic rings. The molecule has 1 unspecified atom stereocenters. The Balaban J connectivity index is 1.78. The van der Waals surface area contributed by atoms with Gasteiger partial charge in [-0.25, -0.2) is 0 Å². The molecule has 1 aromatic rings. The molecule has 1 fully saturated rings. The van der Waals surface area contributed by atoms with E-state index >= 15 is 0 Å². The molecule has 2 rings (SSSR count). The van der Waals surface area contributed by atoms with Gasteiger partial charge in [0.1, 0.15) is 11.5 Å². The predicted molar refractivity (Wildman–Crippen MR) is 82.5 cm³/mol. The Morgan fingerprint density at radius 2 is 2.21 bits per heavy atom. The second-order valence-electron chi connectivity index (χ2n) is 5.18. The fourth-order valence-electron chi connectivity index (χ4n) is 2.38. The van der Waals surface area contributed by atoms with Crippen molar-refractivity contribution in [3.63, 3.8) is 0 Å². The van der Waals surface area contributed by atoms with Crippen molar-refractivity contribution in [2.45, 2.75) is 45.0 Å². The number of rotatable bonds is 7. The molecular formula is C15H26N2OS. The summed E-state index contributed by atoms with van der Waals surface area (Å²) in [7, 11) is 0. The van der Waals surface area contributed by atoms with Gasteiger partial charge < -0.3 is 9.73 Å². The molecule has 19 heavy (non-hydrogen) atoms. The summed E-state index contributed by atoms with van der Waals surface area (Å²) in [6, 6.07) is 4.24. The Kier molecular flexibility index (Phi) is 6.28. The summed E-state index contributed by atoms with van der Waals surface area (Å²) in [5.74, 6) is 3.42. The normalized spacial score (nSPS) is 20.8. The minimum absolute atomic E-state index is 0.800. The predicted octanol–water partition coefficient (Wildman–Crippen LogP) is 3.11. The first-order valence-corrected chi connectivity index (χ1v) is 8.49. The molecule has 1 atom stereocenters. The minimum atomic E-state index is 0.800. The second kappa shape index (κ2) is 7.98. The molecule has 0 aliphatic carbocycles. The van der Waals surface area contributed by atoms with Gasteiger partial charge in [0, 0.05) is 24.1 Å². The first-order valence-electron chi connectivity index (χ1n) is 7.44. The van der Waals surface area contributed by atoms with E-state index in [1.165, 1.54) is 25.3 Å². The Labute approximate surface area is 121 Å². The highest BCUT2D eigenvalue weighted by Gasteiger charge is 2.19. The number of nitrogens with zero attached hydrogens (tertiary/aromatic N) is 1. The maximum absolute atomic E-state index is 5.89. The van der Waals surface area contributed by atoms with Crippen molar-refractivity contribution < 1.29 is 4.42 Å². The van der Waals surface area contributed by atoms with E-state index in [1.807, 2.05) is 0 Å². The van der Waals surface area contributed by atoms with Crippen LogP contribution in [0.1, 0.15) is 38.2 Å². The lowest BCUT2D eigenvalue weighted by molar-refractivity contribution is 0.247. The van der Waals surface area contributed by atoms with Crippen molar-refractivity contribution >= 4 is 11.8 Å². The van der Waals surface area contributed by atoms with Crippen molar-refractivity contribution in [1.29, 1.82) is 0 Å². The summed E-state index contributed by atoms with van der Waals surface area (Å²) in [6.07, 6.45) is 2.43. The third-order valence-electron chi connectivity index (χ3n) is 3.50. The molecule has 1 aliphatic heterocycles. The summed E-state index contributed by atoms with van der Waals surface area (Å²) in [4.78, 5) is 2.52. The first kappa shape index (κ1) is 14.9. The SMILES string of the molecule is CCCNCc1ccc(CN2CCSC(CC)C2)o1. The molecule has 0 amide bonds. The van der Waals surface area contributed by atoms with Crippen LogP contribution in [0.25, 0.3) is 0 Å². The summed E-state index contributed by atoms with van der Waals surface area (Å²) in [5, 5.41) is 4.17. The molecule has 108 valence electrons. The smallest absolute Gasteiger partial charge is 0.118 e. The number of hydrogen-bond donors (Lipinski definition) is 1. The fraction of sp³-hybridized carbons (Fsp3) is 0.733. The average Bonchev–Trinajstić information content (AvgIpc) is 2.87. The monoisotopic (exact) mass is 282 g/mol. The highest BCUT2D eigenvalue weighted by molar-refractivity contribution is 8.00. The molecule has 0 radical (unpaired) electrons. The molecule has 0 bridgehead atoms. The molecule has 0 aromatic carbocycles. The standard InChI is InChI=1S/C15H26N2OS/c1-3-7-16-10-13-5-6-14(18-13)11-17-8-9-19-15(4-2)12-17/h5-6,15-16H,3-4,7-12H2,1-2H3. The third-order valence-corrected chi connectivity index (χ3v) is 4.87. The molecule has 1 saturated heterocycles. The summed E-state index contributed by atoms with van der Waals surface area (Å²) >= 11 is 2.11. The third kappa shape index (κ3) is 4.86. The van der Waals surface area contributed by atoms with Crippen molar-refractivity contribution in [3.05, 3.63) is 23.7 Å². The van der Waals surface area contributed by atoms with Crippen LogP contribution in [0.2, 0.25) is 0 Å². The zero-order chi connectivity index (χ0) is 13.5. The van der Waals surface area contributed by atoms with Crippen LogP contribution in [0.5, 0.6) is 0 Å². The summed E-state index contributed by atoms with van der Waals surface area (Å²) < 4.78 is 5.89. The van der Waals surface area contributed by atoms with E-state index in [0.29, 0.717) is 0 Å². The molecule has 0 saturated carbocycles. The Bertz CT molecular complexity index is 367. The zero-order valence-electron chi connectivity index (χ0n) is 12.2. The molecule has 1 aromatic heterocycles. The number of thioether (sulfide) groups is 1. The number of furan rings is 1. The van der Waals surface area contributed by atoms with Gasteiger partial charge in [-0.1, -0.05) is 13.8 Å². The lowest BCUT2D eigenvalue weighted by Gasteiger charge is -2.31. The van der Waals surface area contributed by atoms with Crippen molar-refractivity contribution in [3.8, 4) is 0 Å². The van der Waals surface area contributed by atoms with Gasteiger partial charge >= 0.3 is 0 Å². The van der Waals surface area contributed by atoms with E-state index in [2.05, 4.69) is 48.0 Å². The molecular weight excluding hydrogens is 256 g/mol. The average molecular weight is 282 g/mol. The van der Waals surface area contributed by atoms with E-state index in [0.717, 1.165) is 42.8 Å². The largest absolute Gasteiger partial charge is 0.463 e. The molecule has 3 nitrogen and oxygen atoms in total. The summed E-state index contributed by atoms with van der Waals surface area (Å²) in [6.45, 7) is 9.71. The van der Waals surface area contributed by atoms with Crippen LogP contribution < -0.4 is 5.32 Å². The van der Waals surface area contributed by atoms with Crippen LogP contribution in [0.4, 0.5) is 0 Å². The Hall–Kier alpha value is -0.450. The van der Waals surface area contributed by atoms with Gasteiger partial charge in [0.25, 0.3) is 0 Å². The maximum Gasteiger partial charge on any atom is 0.118 e. The summed E-state index contributed by atoms with van der Waals surface area (Å²) in [5.41, 5.74) is 0. The first-order chi connectivity index (χ1) is 9.31. The van der Waals surface area contributed by atoms with Gasteiger partial charge in [-0.05, 0) is 31.5 Å². The van der Waals surface area contributed by atoms with E-state index in [1.54, 1.807) is 0 Å². The van der Waals surface area contributed by atoms with Crippen LogP contribution >= 0.6 is 11.8 Å². The van der Waals surface area contributed by atoms with Crippen LogP contribution in [0, 0.1) is 0 Å². The van der Waals surface area contributed by atoms with E-state index in [9.17, 15) is 0 Å². The van der Waals surface area contributed by atoms with Gasteiger partial charge in [0.2, 0.25) is 0 Å². The lowest BCUT2D eigenvalue weighted by atomic mass is 10.3. The van der Waals surface area contributed by atoms with Gasteiger partial charge in [0.05, 0.1) is 13.1 Å². The highest BCUT2D eigenvalue weighted by Crippen LogP contribution is 2.22. The minimum Gasteiger partial charge on any atom is -0.463 e. The quantitative estimate of drug-likeness (QED) is 0.778. The molecule has 2 heterocycles.